The van der Waals surface area contributed by atoms with Gasteiger partial charge in [0.2, 0.25) is 0 Å². The van der Waals surface area contributed by atoms with Crippen molar-refractivity contribution in [3.63, 3.8) is 0 Å². The third-order valence-corrected chi connectivity index (χ3v) is 3.27. The maximum absolute atomic E-state index is 11.0. The molecule has 0 spiro atoms. The summed E-state index contributed by atoms with van der Waals surface area (Å²) in [7, 11) is 0. The van der Waals surface area contributed by atoms with Crippen molar-refractivity contribution in [2.24, 2.45) is 5.41 Å². The first-order valence-corrected chi connectivity index (χ1v) is 6.02. The number of oxazole rings is 1. The molecule has 1 aromatic carbocycles. The van der Waals surface area contributed by atoms with E-state index in [1.807, 2.05) is 12.1 Å². The lowest BCUT2D eigenvalue weighted by Gasteiger charge is -2.35. The number of aromatic nitrogens is 1. The average molecular weight is 259 g/mol. The van der Waals surface area contributed by atoms with Gasteiger partial charge >= 0.3 is 5.76 Å². The quantitative estimate of drug-likeness (QED) is 0.845. The molecule has 2 aromatic rings. The molecule has 0 saturated carbocycles. The highest BCUT2D eigenvalue weighted by Crippen LogP contribution is 2.25. The number of ether oxygens (including phenoxy) is 1. The molecule has 2 N–H and O–H groups in total. The zero-order valence-electron chi connectivity index (χ0n) is 10.2. The van der Waals surface area contributed by atoms with Crippen LogP contribution in [0.1, 0.15) is 5.56 Å². The van der Waals surface area contributed by atoms with Gasteiger partial charge in [-0.3, -0.25) is 4.98 Å². The van der Waals surface area contributed by atoms with Gasteiger partial charge in [0.1, 0.15) is 5.41 Å². The van der Waals surface area contributed by atoms with Crippen molar-refractivity contribution in [3.8, 4) is 6.07 Å². The topological polar surface area (TPSA) is 91.0 Å². The fourth-order valence-electron chi connectivity index (χ4n) is 2.11. The van der Waals surface area contributed by atoms with Crippen LogP contribution < -0.4 is 11.1 Å². The maximum atomic E-state index is 11.0. The van der Waals surface area contributed by atoms with Crippen LogP contribution in [-0.2, 0) is 11.3 Å². The Hall–Kier alpha value is -2.10. The summed E-state index contributed by atoms with van der Waals surface area (Å²) in [5, 5.41) is 12.3. The Kier molecular flexibility index (Phi) is 2.85. The van der Waals surface area contributed by atoms with E-state index in [1.165, 1.54) is 0 Å². The van der Waals surface area contributed by atoms with Crippen molar-refractivity contribution in [1.82, 2.24) is 10.3 Å². The number of hydrogen-bond acceptors (Lipinski definition) is 5. The summed E-state index contributed by atoms with van der Waals surface area (Å²) >= 11 is 0. The number of hydrogen-bond donors (Lipinski definition) is 2. The molecule has 6 nitrogen and oxygen atoms in total. The Labute approximate surface area is 109 Å². The summed E-state index contributed by atoms with van der Waals surface area (Å²) in [5.41, 5.74) is 1.88. The second kappa shape index (κ2) is 4.53. The Morgan fingerprint density at radius 2 is 2.32 bits per heavy atom. The first-order valence-electron chi connectivity index (χ1n) is 6.02. The summed E-state index contributed by atoms with van der Waals surface area (Å²) < 4.78 is 10.0. The van der Waals surface area contributed by atoms with Crippen molar-refractivity contribution in [2.45, 2.75) is 6.54 Å². The van der Waals surface area contributed by atoms with E-state index in [4.69, 9.17) is 14.4 Å². The highest BCUT2D eigenvalue weighted by Gasteiger charge is 2.38. The van der Waals surface area contributed by atoms with Crippen LogP contribution in [0.15, 0.2) is 27.4 Å². The van der Waals surface area contributed by atoms with Crippen LogP contribution in [0, 0.1) is 16.7 Å². The molecule has 19 heavy (non-hydrogen) atoms. The van der Waals surface area contributed by atoms with Gasteiger partial charge in [0, 0.05) is 13.1 Å². The van der Waals surface area contributed by atoms with Crippen LogP contribution in [0.2, 0.25) is 0 Å². The van der Waals surface area contributed by atoms with E-state index in [0.29, 0.717) is 37.4 Å². The second-order valence-electron chi connectivity index (χ2n) is 4.83. The SMILES string of the molecule is N#CC1(CNCc2ccc3oc(=O)[nH]c3c2)COC1. The molecule has 1 aliphatic rings. The third kappa shape index (κ3) is 2.26. The van der Waals surface area contributed by atoms with Gasteiger partial charge < -0.3 is 14.5 Å². The number of rotatable bonds is 4. The van der Waals surface area contributed by atoms with Gasteiger partial charge in [-0.1, -0.05) is 6.07 Å². The molecule has 0 atom stereocenters. The lowest BCUT2D eigenvalue weighted by atomic mass is 9.88. The molecule has 3 rings (SSSR count). The fraction of sp³-hybridized carbons (Fsp3) is 0.385. The predicted molar refractivity (Wildman–Crippen MR) is 67.4 cm³/mol. The largest absolute Gasteiger partial charge is 0.417 e. The summed E-state index contributed by atoms with van der Waals surface area (Å²) in [6.07, 6.45) is 0. The van der Waals surface area contributed by atoms with Crippen molar-refractivity contribution in [1.29, 1.82) is 5.26 Å². The van der Waals surface area contributed by atoms with Gasteiger partial charge in [0.05, 0.1) is 24.8 Å². The first-order chi connectivity index (χ1) is 9.21. The van der Waals surface area contributed by atoms with Crippen LogP contribution in [-0.4, -0.2) is 24.7 Å². The summed E-state index contributed by atoms with van der Waals surface area (Å²) in [5.74, 6) is -0.449. The summed E-state index contributed by atoms with van der Waals surface area (Å²) in [4.78, 5) is 13.7. The molecule has 1 saturated heterocycles. The minimum atomic E-state index is -0.449. The van der Waals surface area contributed by atoms with Gasteiger partial charge in [-0.2, -0.15) is 5.26 Å². The van der Waals surface area contributed by atoms with E-state index < -0.39 is 5.76 Å². The van der Waals surface area contributed by atoms with E-state index in [1.54, 1.807) is 6.07 Å². The van der Waals surface area contributed by atoms with Crippen LogP contribution in [0.5, 0.6) is 0 Å². The second-order valence-corrected chi connectivity index (χ2v) is 4.83. The third-order valence-electron chi connectivity index (χ3n) is 3.27. The average Bonchev–Trinajstić information content (AvgIpc) is 2.72. The summed E-state index contributed by atoms with van der Waals surface area (Å²) in [6.45, 7) is 2.21. The molecular weight excluding hydrogens is 246 g/mol. The molecule has 0 bridgehead atoms. The Balaban J connectivity index is 1.65. The van der Waals surface area contributed by atoms with Crippen molar-refractivity contribution < 1.29 is 9.15 Å². The number of aromatic amines is 1. The molecule has 1 fully saturated rings. The summed E-state index contributed by atoms with van der Waals surface area (Å²) in [6, 6.07) is 7.80. The number of benzene rings is 1. The molecular formula is C13H13N3O3. The molecule has 2 heterocycles. The number of nitrogens with one attached hydrogen (secondary N) is 2. The first kappa shape index (κ1) is 12.0. The highest BCUT2D eigenvalue weighted by molar-refractivity contribution is 5.72. The van der Waals surface area contributed by atoms with Crippen LogP contribution in [0.25, 0.3) is 11.1 Å². The van der Waals surface area contributed by atoms with Crippen molar-refractivity contribution in [2.75, 3.05) is 19.8 Å². The Morgan fingerprint density at radius 1 is 1.47 bits per heavy atom. The number of fused-ring (bicyclic) bond motifs is 1. The number of nitrogens with zero attached hydrogens (tertiary/aromatic N) is 1. The van der Waals surface area contributed by atoms with Gasteiger partial charge in [0.15, 0.2) is 5.58 Å². The van der Waals surface area contributed by atoms with E-state index >= 15 is 0 Å². The van der Waals surface area contributed by atoms with Gasteiger partial charge in [-0.25, -0.2) is 4.79 Å². The molecule has 6 heteroatoms. The molecule has 0 unspecified atom stereocenters. The van der Waals surface area contributed by atoms with Crippen molar-refractivity contribution >= 4 is 11.1 Å². The van der Waals surface area contributed by atoms with Crippen LogP contribution in [0.4, 0.5) is 0 Å². The van der Waals surface area contributed by atoms with E-state index in [0.717, 1.165) is 5.56 Å². The van der Waals surface area contributed by atoms with E-state index in [9.17, 15) is 4.79 Å². The minimum Gasteiger partial charge on any atom is -0.408 e. The Morgan fingerprint density at radius 3 is 3.00 bits per heavy atom. The number of H-pyrrole nitrogens is 1. The maximum Gasteiger partial charge on any atom is 0.417 e. The smallest absolute Gasteiger partial charge is 0.408 e. The molecule has 0 radical (unpaired) electrons. The number of nitriles is 1. The van der Waals surface area contributed by atoms with Crippen LogP contribution >= 0.6 is 0 Å². The standard InChI is InChI=1S/C13H13N3O3/c14-5-13(7-18-8-13)6-15-4-9-1-2-11-10(3-9)16-12(17)19-11/h1-3,15H,4,6-8H2,(H,16,17). The van der Waals surface area contributed by atoms with Crippen molar-refractivity contribution in [3.05, 3.63) is 34.3 Å². The molecule has 0 aliphatic carbocycles. The van der Waals surface area contributed by atoms with Gasteiger partial charge in [0.25, 0.3) is 0 Å². The zero-order chi connectivity index (χ0) is 13.3. The monoisotopic (exact) mass is 259 g/mol. The van der Waals surface area contributed by atoms with E-state index in [2.05, 4.69) is 16.4 Å². The lowest BCUT2D eigenvalue weighted by molar-refractivity contribution is -0.0755. The van der Waals surface area contributed by atoms with Crippen LogP contribution in [0.3, 0.4) is 0 Å². The highest BCUT2D eigenvalue weighted by atomic mass is 16.5. The van der Waals surface area contributed by atoms with Gasteiger partial charge in [-0.05, 0) is 17.7 Å². The normalized spacial score (nSPS) is 17.0. The minimum absolute atomic E-state index is 0.381. The van der Waals surface area contributed by atoms with Gasteiger partial charge in [-0.15, -0.1) is 0 Å². The molecule has 1 aromatic heterocycles. The lowest BCUT2D eigenvalue weighted by Crippen LogP contribution is -2.48. The molecule has 0 amide bonds. The molecule has 1 aliphatic heterocycles. The zero-order valence-corrected chi connectivity index (χ0v) is 10.2. The fourth-order valence-corrected chi connectivity index (χ4v) is 2.11. The Bertz CT molecular complexity index is 691. The predicted octanol–water partition coefficient (Wildman–Crippen LogP) is 0.751. The van der Waals surface area contributed by atoms with E-state index in [-0.39, 0.29) is 5.41 Å². The molecule has 98 valence electrons.